The molecule has 218 valence electrons. The van der Waals surface area contributed by atoms with Gasteiger partial charge >= 0.3 is 0 Å². The number of aromatic nitrogens is 2. The fourth-order valence-corrected chi connectivity index (χ4v) is 7.38. The Morgan fingerprint density at radius 3 is 2.33 bits per heavy atom. The third-order valence-electron chi connectivity index (χ3n) is 8.25. The number of thioether (sulfide) groups is 1. The molecule has 1 fully saturated rings. The zero-order chi connectivity index (χ0) is 29.4. The number of fused-ring (bicyclic) bond motifs is 1. The summed E-state index contributed by atoms with van der Waals surface area (Å²) in [5.74, 6) is -1.29. The highest BCUT2D eigenvalue weighted by atomic mass is 32.2. The van der Waals surface area contributed by atoms with Crippen LogP contribution in [-0.2, 0) is 6.42 Å². The minimum absolute atomic E-state index is 0.0245. The van der Waals surface area contributed by atoms with Crippen molar-refractivity contribution in [1.82, 2.24) is 14.5 Å². The number of piperazine rings is 1. The highest BCUT2D eigenvalue weighted by molar-refractivity contribution is 7.99. The van der Waals surface area contributed by atoms with Crippen LogP contribution < -0.4 is 15.2 Å². The molecule has 0 spiro atoms. The van der Waals surface area contributed by atoms with Gasteiger partial charge in [-0.2, -0.15) is 0 Å². The smallest absolute Gasteiger partial charge is 0.260 e. The minimum atomic E-state index is -0.653. The van der Waals surface area contributed by atoms with E-state index in [1.165, 1.54) is 43.1 Å². The van der Waals surface area contributed by atoms with E-state index in [-0.39, 0.29) is 40.5 Å². The molecule has 0 amide bonds. The van der Waals surface area contributed by atoms with E-state index in [9.17, 15) is 13.6 Å². The molecule has 2 aromatic carbocycles. The van der Waals surface area contributed by atoms with Gasteiger partial charge in [0, 0.05) is 74.1 Å². The van der Waals surface area contributed by atoms with Crippen LogP contribution in [0.15, 0.2) is 70.7 Å². The maximum Gasteiger partial charge on any atom is 0.260 e. The Kier molecular flexibility index (Phi) is 8.00. The lowest BCUT2D eigenvalue weighted by Gasteiger charge is -2.37. The Bertz CT molecular complexity index is 1650. The summed E-state index contributed by atoms with van der Waals surface area (Å²) in [6, 6.07) is 12.3. The van der Waals surface area contributed by atoms with Gasteiger partial charge in [-0.1, -0.05) is 18.2 Å². The van der Waals surface area contributed by atoms with Crippen molar-refractivity contribution < 1.29 is 17.9 Å². The zero-order valence-electron chi connectivity index (χ0n) is 23.4. The van der Waals surface area contributed by atoms with Crippen molar-refractivity contribution in [3.63, 3.8) is 0 Å². The molecule has 42 heavy (non-hydrogen) atoms. The molecule has 0 N–H and O–H groups in total. The summed E-state index contributed by atoms with van der Waals surface area (Å²) in [5.41, 5.74) is 2.20. The van der Waals surface area contributed by atoms with E-state index < -0.39 is 17.5 Å². The Labute approximate surface area is 246 Å². The van der Waals surface area contributed by atoms with Crippen LogP contribution >= 0.6 is 11.8 Å². The molecule has 10 heteroatoms. The van der Waals surface area contributed by atoms with Crippen LogP contribution in [0.3, 0.4) is 0 Å². The molecule has 2 aliphatic rings. The van der Waals surface area contributed by atoms with Gasteiger partial charge in [-0.15, -0.1) is 11.8 Å². The van der Waals surface area contributed by atoms with Gasteiger partial charge in [-0.25, -0.2) is 13.2 Å². The van der Waals surface area contributed by atoms with Crippen LogP contribution in [0.4, 0.5) is 18.9 Å². The summed E-state index contributed by atoms with van der Waals surface area (Å²) < 4.78 is 52.2. The third-order valence-corrected chi connectivity index (χ3v) is 9.52. The van der Waals surface area contributed by atoms with Gasteiger partial charge in [-0.05, 0) is 48.4 Å². The molecule has 0 saturated carbocycles. The average molecular weight is 593 g/mol. The Hall–Kier alpha value is -3.76. The molecule has 0 aliphatic carbocycles. The molecule has 0 radical (unpaired) electrons. The largest absolute Gasteiger partial charge is 0.494 e. The molecule has 4 aromatic rings. The Balaban J connectivity index is 1.39. The normalized spacial score (nSPS) is 17.0. The molecule has 6 rings (SSSR count). The van der Waals surface area contributed by atoms with Gasteiger partial charge in [-0.3, -0.25) is 19.2 Å². The van der Waals surface area contributed by atoms with Gasteiger partial charge < -0.3 is 9.64 Å². The predicted octanol–water partition coefficient (Wildman–Crippen LogP) is 5.70. The highest BCUT2D eigenvalue weighted by Crippen LogP contribution is 2.41. The molecule has 1 saturated heterocycles. The minimum Gasteiger partial charge on any atom is -0.494 e. The van der Waals surface area contributed by atoms with Gasteiger partial charge in [0.2, 0.25) is 0 Å². The SMILES string of the molecule is COc1cccc(-c2c(C)c(Cc3c(F)cccc3F)c3n(c2=O)C(CN2CCN(c4ccncc4)CC2)CS3)c1F. The number of hydrogen-bond acceptors (Lipinski definition) is 6. The van der Waals surface area contributed by atoms with Crippen molar-refractivity contribution in [2.24, 2.45) is 0 Å². The van der Waals surface area contributed by atoms with Crippen molar-refractivity contribution in [3.8, 4) is 16.9 Å². The third kappa shape index (κ3) is 5.18. The Morgan fingerprint density at radius 1 is 0.952 bits per heavy atom. The average Bonchev–Trinajstić information content (AvgIpc) is 3.42. The molecule has 4 heterocycles. The van der Waals surface area contributed by atoms with E-state index in [4.69, 9.17) is 4.74 Å². The van der Waals surface area contributed by atoms with Crippen LogP contribution in [0.2, 0.25) is 0 Å². The summed E-state index contributed by atoms with van der Waals surface area (Å²) in [6.07, 6.45) is 3.52. The van der Waals surface area contributed by atoms with E-state index >= 15 is 4.39 Å². The number of benzene rings is 2. The second-order valence-corrected chi connectivity index (χ2v) is 11.6. The van der Waals surface area contributed by atoms with E-state index in [0.717, 1.165) is 31.9 Å². The molecular weight excluding hydrogens is 561 g/mol. The quantitative estimate of drug-likeness (QED) is 0.274. The van der Waals surface area contributed by atoms with E-state index in [1.54, 1.807) is 36.0 Å². The van der Waals surface area contributed by atoms with Gasteiger partial charge in [0.15, 0.2) is 11.6 Å². The summed E-state index contributed by atoms with van der Waals surface area (Å²) in [7, 11) is 1.37. The number of halogens is 3. The van der Waals surface area contributed by atoms with E-state index in [1.807, 2.05) is 12.1 Å². The first kappa shape index (κ1) is 28.4. The Morgan fingerprint density at radius 2 is 1.64 bits per heavy atom. The maximum absolute atomic E-state index is 15.6. The number of ether oxygens (including phenoxy) is 1. The van der Waals surface area contributed by atoms with Crippen LogP contribution in [0.25, 0.3) is 11.1 Å². The summed E-state index contributed by atoms with van der Waals surface area (Å²) in [5, 5.41) is 0.688. The monoisotopic (exact) mass is 592 g/mol. The van der Waals surface area contributed by atoms with Crippen molar-refractivity contribution in [2.75, 3.05) is 50.5 Å². The lowest BCUT2D eigenvalue weighted by atomic mass is 9.94. The second-order valence-electron chi connectivity index (χ2n) is 10.6. The standard InChI is InChI=1S/C32H31F3N4O2S/c1-20-24(17-25-26(33)6-4-7-27(25)34)32-39(31(40)29(20)23-5-3-8-28(41-2)30(23)35)22(19-42-32)18-37-13-15-38(16-14-37)21-9-11-36-12-10-21/h3-12,22H,13-19H2,1-2H3. The van der Waals surface area contributed by atoms with Crippen LogP contribution in [-0.4, -0.2) is 60.0 Å². The van der Waals surface area contributed by atoms with E-state index in [0.29, 0.717) is 28.5 Å². The van der Waals surface area contributed by atoms with Crippen molar-refractivity contribution in [3.05, 3.63) is 105 Å². The first-order valence-electron chi connectivity index (χ1n) is 13.9. The molecule has 2 aliphatic heterocycles. The van der Waals surface area contributed by atoms with Crippen molar-refractivity contribution >= 4 is 17.4 Å². The van der Waals surface area contributed by atoms with Gasteiger partial charge in [0.1, 0.15) is 11.6 Å². The molecule has 1 unspecified atom stereocenters. The fourth-order valence-electron chi connectivity index (χ4n) is 6.01. The summed E-state index contributed by atoms with van der Waals surface area (Å²) in [6.45, 7) is 5.71. The van der Waals surface area contributed by atoms with Crippen LogP contribution in [0.1, 0.15) is 22.7 Å². The van der Waals surface area contributed by atoms with Crippen molar-refractivity contribution in [1.29, 1.82) is 0 Å². The molecule has 0 bridgehead atoms. The van der Waals surface area contributed by atoms with Crippen LogP contribution in [0, 0.1) is 24.4 Å². The molecule has 6 nitrogen and oxygen atoms in total. The molecule has 1 atom stereocenters. The number of rotatable bonds is 7. The highest BCUT2D eigenvalue weighted by Gasteiger charge is 2.33. The lowest BCUT2D eigenvalue weighted by molar-refractivity contribution is 0.224. The second kappa shape index (κ2) is 11.9. The fraction of sp³-hybridized carbons (Fsp3) is 0.312. The summed E-state index contributed by atoms with van der Waals surface area (Å²) >= 11 is 1.52. The van der Waals surface area contributed by atoms with Crippen molar-refractivity contribution in [2.45, 2.75) is 24.4 Å². The molecule has 2 aromatic heterocycles. The molecular formula is C32H31F3N4O2S. The number of hydrogen-bond donors (Lipinski definition) is 0. The number of pyridine rings is 2. The number of anilines is 1. The van der Waals surface area contributed by atoms with Crippen LogP contribution in [0.5, 0.6) is 5.75 Å². The van der Waals surface area contributed by atoms with E-state index in [2.05, 4.69) is 14.8 Å². The maximum atomic E-state index is 15.6. The number of methoxy groups -OCH3 is 1. The first-order chi connectivity index (χ1) is 20.4. The first-order valence-corrected chi connectivity index (χ1v) is 14.9. The number of nitrogens with zero attached hydrogens (tertiary/aromatic N) is 4. The zero-order valence-corrected chi connectivity index (χ0v) is 24.3. The predicted molar refractivity (Wildman–Crippen MR) is 159 cm³/mol. The topological polar surface area (TPSA) is 50.6 Å². The summed E-state index contributed by atoms with van der Waals surface area (Å²) in [4.78, 5) is 23.0. The lowest BCUT2D eigenvalue weighted by Crippen LogP contribution is -2.48. The van der Waals surface area contributed by atoms with Gasteiger partial charge in [0.25, 0.3) is 5.56 Å². The van der Waals surface area contributed by atoms with Gasteiger partial charge in [0.05, 0.1) is 23.7 Å².